The van der Waals surface area contributed by atoms with E-state index in [2.05, 4.69) is 10.4 Å². The third-order valence-electron chi connectivity index (χ3n) is 4.07. The van der Waals surface area contributed by atoms with Crippen molar-refractivity contribution in [1.29, 1.82) is 0 Å². The maximum Gasteiger partial charge on any atom is 0.271 e. The predicted molar refractivity (Wildman–Crippen MR) is 77.4 cm³/mol. The normalized spacial score (nSPS) is 17.9. The van der Waals surface area contributed by atoms with Crippen molar-refractivity contribution in [3.63, 3.8) is 0 Å². The number of hydrogen-bond donors (Lipinski definition) is 3. The van der Waals surface area contributed by atoms with Gasteiger partial charge in [0.05, 0.1) is 17.0 Å². The number of nitrogens with zero attached hydrogens (tertiary/aromatic N) is 2. The van der Waals surface area contributed by atoms with Gasteiger partial charge in [-0.15, -0.1) is 0 Å². The van der Waals surface area contributed by atoms with Crippen LogP contribution in [-0.4, -0.2) is 32.9 Å². The summed E-state index contributed by atoms with van der Waals surface area (Å²) in [5.41, 5.74) is 6.72. The molecule has 0 radical (unpaired) electrons. The van der Waals surface area contributed by atoms with Crippen LogP contribution in [0, 0.1) is 0 Å². The van der Waals surface area contributed by atoms with E-state index in [9.17, 15) is 9.90 Å². The topological polar surface area (TPSA) is 93.2 Å². The molecule has 0 aromatic carbocycles. The van der Waals surface area contributed by atoms with Crippen molar-refractivity contribution < 1.29 is 9.90 Å². The zero-order valence-corrected chi connectivity index (χ0v) is 12.3. The van der Waals surface area contributed by atoms with Crippen molar-refractivity contribution in [3.8, 4) is 0 Å². The fraction of sp³-hybridized carbons (Fsp3) is 0.714. The first-order valence-electron chi connectivity index (χ1n) is 7.29. The van der Waals surface area contributed by atoms with Crippen LogP contribution < -0.4 is 11.1 Å². The van der Waals surface area contributed by atoms with Crippen molar-refractivity contribution in [3.05, 3.63) is 11.4 Å². The van der Waals surface area contributed by atoms with Crippen LogP contribution in [0.1, 0.15) is 55.2 Å². The molecule has 4 N–H and O–H groups in total. The quantitative estimate of drug-likeness (QED) is 0.766. The predicted octanol–water partition coefficient (Wildman–Crippen LogP) is 0.990. The molecule has 0 atom stereocenters. The van der Waals surface area contributed by atoms with Gasteiger partial charge in [0.2, 0.25) is 0 Å². The minimum Gasteiger partial charge on any atom is -0.395 e. The van der Waals surface area contributed by atoms with Gasteiger partial charge in [0.1, 0.15) is 5.69 Å². The number of amides is 1. The van der Waals surface area contributed by atoms with Gasteiger partial charge in [0.15, 0.2) is 0 Å². The molecule has 1 aliphatic carbocycles. The molecule has 112 valence electrons. The molecule has 6 nitrogen and oxygen atoms in total. The average molecular weight is 280 g/mol. The van der Waals surface area contributed by atoms with Gasteiger partial charge in [0.25, 0.3) is 5.91 Å². The molecule has 0 bridgehead atoms. The Labute approximate surface area is 119 Å². The van der Waals surface area contributed by atoms with Gasteiger partial charge in [0, 0.05) is 13.6 Å². The highest BCUT2D eigenvalue weighted by Gasteiger charge is 2.30. The molecular formula is C14H24N4O2. The van der Waals surface area contributed by atoms with E-state index in [1.54, 1.807) is 7.05 Å². The highest BCUT2D eigenvalue weighted by molar-refractivity contribution is 5.98. The number of rotatable bonds is 4. The second-order valence-electron chi connectivity index (χ2n) is 5.65. The summed E-state index contributed by atoms with van der Waals surface area (Å²) >= 11 is 0. The first-order chi connectivity index (χ1) is 9.47. The molecule has 1 aliphatic rings. The summed E-state index contributed by atoms with van der Waals surface area (Å²) in [7, 11) is 1.71. The van der Waals surface area contributed by atoms with Crippen LogP contribution >= 0.6 is 0 Å². The van der Waals surface area contributed by atoms with Gasteiger partial charge < -0.3 is 16.2 Å². The average Bonchev–Trinajstić information content (AvgIpc) is 2.72. The Balaban J connectivity index is 2.03. The van der Waals surface area contributed by atoms with Crippen LogP contribution in [0.4, 0.5) is 5.69 Å². The minimum absolute atomic E-state index is 0.267. The number of aryl methyl sites for hydroxylation is 2. The molecule has 20 heavy (non-hydrogen) atoms. The van der Waals surface area contributed by atoms with Crippen LogP contribution in [0.15, 0.2) is 0 Å². The molecule has 1 heterocycles. The van der Waals surface area contributed by atoms with E-state index in [-0.39, 0.29) is 12.5 Å². The molecular weight excluding hydrogens is 256 g/mol. The number of aromatic nitrogens is 2. The molecule has 0 aliphatic heterocycles. The standard InChI is InChI=1S/C14H24N4O2/c1-3-10-11(15)12(18(2)17-10)13(19)16-9-14(20)7-5-4-6-8-14/h20H,3-9,15H2,1-2H3,(H,16,19). The fourth-order valence-corrected chi connectivity index (χ4v) is 2.84. The molecule has 1 amide bonds. The van der Waals surface area contributed by atoms with Crippen LogP contribution in [0.2, 0.25) is 0 Å². The Bertz CT molecular complexity index is 490. The van der Waals surface area contributed by atoms with Crippen LogP contribution in [0.5, 0.6) is 0 Å². The van der Waals surface area contributed by atoms with Crippen molar-refractivity contribution in [2.75, 3.05) is 12.3 Å². The summed E-state index contributed by atoms with van der Waals surface area (Å²) in [6, 6.07) is 0. The molecule has 6 heteroatoms. The van der Waals surface area contributed by atoms with E-state index in [0.29, 0.717) is 17.8 Å². The minimum atomic E-state index is -0.769. The molecule has 0 saturated heterocycles. The van der Waals surface area contributed by atoms with E-state index in [1.165, 1.54) is 4.68 Å². The zero-order valence-electron chi connectivity index (χ0n) is 12.3. The Morgan fingerprint density at radius 1 is 1.45 bits per heavy atom. The summed E-state index contributed by atoms with van der Waals surface area (Å²) in [6.45, 7) is 2.23. The van der Waals surface area contributed by atoms with E-state index < -0.39 is 5.60 Å². The number of nitrogens with one attached hydrogen (secondary N) is 1. The lowest BCUT2D eigenvalue weighted by Crippen LogP contribution is -2.44. The largest absolute Gasteiger partial charge is 0.395 e. The highest BCUT2D eigenvalue weighted by atomic mass is 16.3. The van der Waals surface area contributed by atoms with Gasteiger partial charge >= 0.3 is 0 Å². The summed E-state index contributed by atoms with van der Waals surface area (Å²) in [4.78, 5) is 12.2. The lowest BCUT2D eigenvalue weighted by molar-refractivity contribution is 0.00517. The molecule has 1 saturated carbocycles. The van der Waals surface area contributed by atoms with Crippen molar-refractivity contribution >= 4 is 11.6 Å². The maximum atomic E-state index is 12.2. The summed E-state index contributed by atoms with van der Waals surface area (Å²) in [5, 5.41) is 17.4. The van der Waals surface area contributed by atoms with Crippen LogP contribution in [-0.2, 0) is 13.5 Å². The molecule has 2 rings (SSSR count). The van der Waals surface area contributed by atoms with Crippen molar-refractivity contribution in [2.24, 2.45) is 7.05 Å². The molecule has 1 fully saturated rings. The van der Waals surface area contributed by atoms with Gasteiger partial charge in [-0.2, -0.15) is 5.10 Å². The van der Waals surface area contributed by atoms with E-state index in [0.717, 1.165) is 37.8 Å². The summed E-state index contributed by atoms with van der Waals surface area (Å²) < 4.78 is 1.51. The van der Waals surface area contributed by atoms with Gasteiger partial charge in [-0.3, -0.25) is 9.48 Å². The Kier molecular flexibility index (Phi) is 4.32. The number of hydrogen-bond acceptors (Lipinski definition) is 4. The van der Waals surface area contributed by atoms with E-state index >= 15 is 0 Å². The van der Waals surface area contributed by atoms with Crippen LogP contribution in [0.25, 0.3) is 0 Å². The van der Waals surface area contributed by atoms with E-state index in [1.807, 2.05) is 6.92 Å². The smallest absolute Gasteiger partial charge is 0.271 e. The third kappa shape index (κ3) is 2.95. The fourth-order valence-electron chi connectivity index (χ4n) is 2.84. The number of anilines is 1. The number of carbonyl (C=O) groups excluding carboxylic acids is 1. The molecule has 1 aromatic rings. The first kappa shape index (κ1) is 14.8. The number of nitrogen functional groups attached to an aromatic ring is 1. The number of carbonyl (C=O) groups is 1. The van der Waals surface area contributed by atoms with Crippen molar-refractivity contribution in [2.45, 2.75) is 51.0 Å². The lowest BCUT2D eigenvalue weighted by atomic mass is 9.85. The van der Waals surface area contributed by atoms with Gasteiger partial charge in [-0.1, -0.05) is 26.2 Å². The summed E-state index contributed by atoms with van der Waals surface area (Å²) in [5.74, 6) is -0.267. The van der Waals surface area contributed by atoms with Gasteiger partial charge in [-0.25, -0.2) is 0 Å². The maximum absolute atomic E-state index is 12.2. The van der Waals surface area contributed by atoms with Crippen LogP contribution in [0.3, 0.4) is 0 Å². The third-order valence-corrected chi connectivity index (χ3v) is 4.07. The summed E-state index contributed by atoms with van der Waals surface area (Å²) in [6.07, 6.45) is 5.37. The highest BCUT2D eigenvalue weighted by Crippen LogP contribution is 2.27. The lowest BCUT2D eigenvalue weighted by Gasteiger charge is -2.32. The van der Waals surface area contributed by atoms with Gasteiger partial charge in [-0.05, 0) is 19.3 Å². The monoisotopic (exact) mass is 280 g/mol. The SMILES string of the molecule is CCc1nn(C)c(C(=O)NCC2(O)CCCCC2)c1N. The molecule has 0 unspecified atom stereocenters. The van der Waals surface area contributed by atoms with Crippen molar-refractivity contribution in [1.82, 2.24) is 15.1 Å². The zero-order chi connectivity index (χ0) is 14.8. The Hall–Kier alpha value is -1.56. The molecule has 0 spiro atoms. The van der Waals surface area contributed by atoms with E-state index in [4.69, 9.17) is 5.73 Å². The number of aliphatic hydroxyl groups is 1. The first-order valence-corrected chi connectivity index (χ1v) is 7.29. The Morgan fingerprint density at radius 2 is 2.10 bits per heavy atom. The number of nitrogens with two attached hydrogens (primary N) is 1. The molecule has 1 aromatic heterocycles. The second-order valence-corrected chi connectivity index (χ2v) is 5.65. The Morgan fingerprint density at radius 3 is 2.65 bits per heavy atom. The second kappa shape index (κ2) is 5.83.